The molecule has 0 N–H and O–H groups in total. The van der Waals surface area contributed by atoms with Crippen LogP contribution < -0.4 is 0 Å². The lowest BCUT2D eigenvalue weighted by Crippen LogP contribution is -2.04. The Labute approximate surface area is 124 Å². The summed E-state index contributed by atoms with van der Waals surface area (Å²) in [4.78, 5) is 4.15. The second kappa shape index (κ2) is 5.63. The van der Waals surface area contributed by atoms with Gasteiger partial charge in [-0.05, 0) is 17.7 Å². The summed E-state index contributed by atoms with van der Waals surface area (Å²) in [6, 6.07) is 14.4. The van der Waals surface area contributed by atoms with Crippen LogP contribution in [0.5, 0.6) is 0 Å². The first-order chi connectivity index (χ1) is 10.5. The van der Waals surface area contributed by atoms with Crippen LogP contribution in [0.1, 0.15) is 17.0 Å². The molecule has 0 radical (unpaired) electrons. The predicted molar refractivity (Wildman–Crippen MR) is 74.0 cm³/mol. The molecule has 2 aromatic carbocycles. The van der Waals surface area contributed by atoms with E-state index in [1.165, 1.54) is 12.1 Å². The molecular weight excluding hydrogens is 293 g/mol. The van der Waals surface area contributed by atoms with Gasteiger partial charge in [0.2, 0.25) is 11.7 Å². The Bertz CT molecular complexity index is 766. The smallest absolute Gasteiger partial charge is 0.339 e. The van der Waals surface area contributed by atoms with E-state index >= 15 is 0 Å². The molecule has 3 nitrogen and oxygen atoms in total. The van der Waals surface area contributed by atoms with E-state index < -0.39 is 11.7 Å². The molecule has 0 saturated carbocycles. The van der Waals surface area contributed by atoms with E-state index in [9.17, 15) is 13.2 Å². The summed E-state index contributed by atoms with van der Waals surface area (Å²) in [6.45, 7) is 0. The van der Waals surface area contributed by atoms with E-state index in [0.29, 0.717) is 12.3 Å². The van der Waals surface area contributed by atoms with Crippen molar-refractivity contribution in [2.45, 2.75) is 12.6 Å². The van der Waals surface area contributed by atoms with Gasteiger partial charge >= 0.3 is 6.18 Å². The standard InChI is InChI=1S/C16H11F3N2O/c17-16(18,19)13-8-4-7-12(10-13)15-20-14(22-21-15)9-11-5-2-1-3-6-11/h1-8,10H,9H2. The summed E-state index contributed by atoms with van der Waals surface area (Å²) in [7, 11) is 0. The predicted octanol–water partition coefficient (Wildman–Crippen LogP) is 4.35. The van der Waals surface area contributed by atoms with Crippen molar-refractivity contribution in [2.24, 2.45) is 0 Å². The number of hydrogen-bond donors (Lipinski definition) is 0. The average Bonchev–Trinajstić information content (AvgIpc) is 2.96. The van der Waals surface area contributed by atoms with Crippen molar-refractivity contribution in [1.82, 2.24) is 10.1 Å². The SMILES string of the molecule is FC(F)(F)c1cccc(-c2noc(Cc3ccccc3)n2)c1. The lowest BCUT2D eigenvalue weighted by atomic mass is 10.1. The molecule has 0 aliphatic rings. The quantitative estimate of drug-likeness (QED) is 0.722. The van der Waals surface area contributed by atoms with Crippen LogP contribution in [-0.2, 0) is 12.6 Å². The maximum absolute atomic E-state index is 12.7. The van der Waals surface area contributed by atoms with Gasteiger partial charge in [0, 0.05) is 5.56 Å². The summed E-state index contributed by atoms with van der Waals surface area (Å²) < 4.78 is 43.2. The molecule has 22 heavy (non-hydrogen) atoms. The van der Waals surface area contributed by atoms with Crippen LogP contribution in [0, 0.1) is 0 Å². The van der Waals surface area contributed by atoms with Crippen LogP contribution in [0.3, 0.4) is 0 Å². The Morgan fingerprint density at radius 2 is 1.73 bits per heavy atom. The molecule has 3 rings (SSSR count). The number of halogens is 3. The van der Waals surface area contributed by atoms with Gasteiger partial charge in [0.15, 0.2) is 0 Å². The van der Waals surface area contributed by atoms with Crippen molar-refractivity contribution in [1.29, 1.82) is 0 Å². The second-order valence-corrected chi connectivity index (χ2v) is 4.75. The molecule has 112 valence electrons. The topological polar surface area (TPSA) is 38.9 Å². The number of benzene rings is 2. The molecule has 0 aliphatic heterocycles. The lowest BCUT2D eigenvalue weighted by Gasteiger charge is -2.06. The van der Waals surface area contributed by atoms with E-state index in [4.69, 9.17) is 4.52 Å². The Kier molecular flexibility index (Phi) is 3.66. The summed E-state index contributed by atoms with van der Waals surface area (Å²) in [6.07, 6.45) is -3.96. The third kappa shape index (κ3) is 3.16. The first-order valence-electron chi connectivity index (χ1n) is 6.56. The van der Waals surface area contributed by atoms with Gasteiger partial charge < -0.3 is 4.52 Å². The molecule has 0 fully saturated rings. The van der Waals surface area contributed by atoms with Gasteiger partial charge in [-0.25, -0.2) is 0 Å². The second-order valence-electron chi connectivity index (χ2n) is 4.75. The summed E-state index contributed by atoms with van der Waals surface area (Å²) >= 11 is 0. The lowest BCUT2D eigenvalue weighted by molar-refractivity contribution is -0.137. The normalized spacial score (nSPS) is 11.6. The minimum Gasteiger partial charge on any atom is -0.339 e. The molecular formula is C16H11F3N2O. The largest absolute Gasteiger partial charge is 0.416 e. The Morgan fingerprint density at radius 1 is 0.955 bits per heavy atom. The molecule has 6 heteroatoms. The molecule has 0 bridgehead atoms. The zero-order chi connectivity index (χ0) is 15.6. The first kappa shape index (κ1) is 14.3. The molecule has 0 spiro atoms. The van der Waals surface area contributed by atoms with E-state index in [1.54, 1.807) is 0 Å². The Morgan fingerprint density at radius 3 is 2.45 bits per heavy atom. The first-order valence-corrected chi connectivity index (χ1v) is 6.56. The van der Waals surface area contributed by atoms with Gasteiger partial charge in [-0.15, -0.1) is 0 Å². The molecule has 3 aromatic rings. The number of rotatable bonds is 3. The maximum atomic E-state index is 12.7. The van der Waals surface area contributed by atoms with Gasteiger partial charge in [-0.3, -0.25) is 0 Å². The van der Waals surface area contributed by atoms with Crippen LogP contribution in [0.15, 0.2) is 59.1 Å². The molecule has 1 heterocycles. The van der Waals surface area contributed by atoms with Crippen molar-refractivity contribution in [3.8, 4) is 11.4 Å². The van der Waals surface area contributed by atoms with Crippen LogP contribution in [0.2, 0.25) is 0 Å². The number of nitrogens with zero attached hydrogens (tertiary/aromatic N) is 2. The van der Waals surface area contributed by atoms with Crippen molar-refractivity contribution in [3.63, 3.8) is 0 Å². The van der Waals surface area contributed by atoms with Gasteiger partial charge in [0.1, 0.15) is 0 Å². The van der Waals surface area contributed by atoms with Crippen LogP contribution >= 0.6 is 0 Å². The van der Waals surface area contributed by atoms with Gasteiger partial charge in [0.05, 0.1) is 12.0 Å². The third-order valence-electron chi connectivity index (χ3n) is 3.11. The highest BCUT2D eigenvalue weighted by Gasteiger charge is 2.30. The number of aromatic nitrogens is 2. The van der Waals surface area contributed by atoms with Crippen molar-refractivity contribution in [2.75, 3.05) is 0 Å². The van der Waals surface area contributed by atoms with Crippen LogP contribution in [0.25, 0.3) is 11.4 Å². The summed E-state index contributed by atoms with van der Waals surface area (Å²) in [5.74, 6) is 0.510. The molecule has 0 saturated heterocycles. The maximum Gasteiger partial charge on any atom is 0.416 e. The molecule has 0 amide bonds. The highest BCUT2D eigenvalue weighted by Crippen LogP contribution is 2.31. The van der Waals surface area contributed by atoms with E-state index in [0.717, 1.165) is 17.7 Å². The highest BCUT2D eigenvalue weighted by molar-refractivity contribution is 5.55. The van der Waals surface area contributed by atoms with Crippen molar-refractivity contribution >= 4 is 0 Å². The highest BCUT2D eigenvalue weighted by atomic mass is 19.4. The summed E-state index contributed by atoms with van der Waals surface area (Å²) in [5, 5.41) is 3.75. The minimum absolute atomic E-state index is 0.150. The third-order valence-corrected chi connectivity index (χ3v) is 3.11. The molecule has 1 aromatic heterocycles. The fourth-order valence-electron chi connectivity index (χ4n) is 2.05. The zero-order valence-electron chi connectivity index (χ0n) is 11.3. The zero-order valence-corrected chi connectivity index (χ0v) is 11.3. The Balaban J connectivity index is 1.85. The number of hydrogen-bond acceptors (Lipinski definition) is 3. The van der Waals surface area contributed by atoms with Crippen LogP contribution in [-0.4, -0.2) is 10.1 Å². The van der Waals surface area contributed by atoms with Crippen molar-refractivity contribution in [3.05, 3.63) is 71.6 Å². The van der Waals surface area contributed by atoms with Crippen LogP contribution in [0.4, 0.5) is 13.2 Å². The molecule has 0 aliphatic carbocycles. The number of alkyl halides is 3. The van der Waals surface area contributed by atoms with E-state index in [2.05, 4.69) is 10.1 Å². The fourth-order valence-corrected chi connectivity index (χ4v) is 2.05. The summed E-state index contributed by atoms with van der Waals surface area (Å²) in [5.41, 5.74) is 0.527. The Hall–Kier alpha value is -2.63. The van der Waals surface area contributed by atoms with E-state index in [1.807, 2.05) is 30.3 Å². The monoisotopic (exact) mass is 304 g/mol. The average molecular weight is 304 g/mol. The van der Waals surface area contributed by atoms with Crippen molar-refractivity contribution < 1.29 is 17.7 Å². The minimum atomic E-state index is -4.40. The fraction of sp³-hybridized carbons (Fsp3) is 0.125. The molecule has 0 atom stereocenters. The van der Waals surface area contributed by atoms with E-state index in [-0.39, 0.29) is 11.4 Å². The van der Waals surface area contributed by atoms with Gasteiger partial charge in [0.25, 0.3) is 0 Å². The molecule has 0 unspecified atom stereocenters. The van der Waals surface area contributed by atoms with Gasteiger partial charge in [-0.1, -0.05) is 47.6 Å². The van der Waals surface area contributed by atoms with Gasteiger partial charge in [-0.2, -0.15) is 18.2 Å².